The van der Waals surface area contributed by atoms with Gasteiger partial charge in [0.2, 0.25) is 0 Å². The van der Waals surface area contributed by atoms with E-state index in [1.807, 2.05) is 18.7 Å². The minimum absolute atomic E-state index is 0.428. The van der Waals surface area contributed by atoms with Crippen molar-refractivity contribution in [3.63, 3.8) is 0 Å². The van der Waals surface area contributed by atoms with E-state index < -0.39 is 0 Å². The smallest absolute Gasteiger partial charge is 0.128 e. The average Bonchev–Trinajstić information content (AvgIpc) is 3.16. The van der Waals surface area contributed by atoms with Crippen LogP contribution in [0.4, 0.5) is 11.5 Å². The van der Waals surface area contributed by atoms with Crippen molar-refractivity contribution in [2.24, 2.45) is 0 Å². The molecule has 0 radical (unpaired) electrons. The van der Waals surface area contributed by atoms with E-state index in [9.17, 15) is 0 Å². The molecule has 4 rings (SSSR count). The predicted octanol–water partition coefficient (Wildman–Crippen LogP) is 3.35. The van der Waals surface area contributed by atoms with Gasteiger partial charge in [-0.15, -0.1) is 0 Å². The second-order valence-electron chi connectivity index (χ2n) is 7.08. The van der Waals surface area contributed by atoms with Crippen LogP contribution in [0.1, 0.15) is 18.1 Å². The van der Waals surface area contributed by atoms with Crippen LogP contribution in [0.3, 0.4) is 0 Å². The second-order valence-corrected chi connectivity index (χ2v) is 7.08. The number of nitrogens with zero attached hydrogens (tertiary/aromatic N) is 5. The van der Waals surface area contributed by atoms with Crippen LogP contribution in [0, 0.1) is 6.92 Å². The van der Waals surface area contributed by atoms with Crippen molar-refractivity contribution in [2.45, 2.75) is 26.4 Å². The first-order valence-electron chi connectivity index (χ1n) is 9.18. The number of piperazine rings is 1. The lowest BCUT2D eigenvalue weighted by molar-refractivity contribution is 0.546. The molecule has 0 aliphatic carbocycles. The molecule has 1 aromatic carbocycles. The highest BCUT2D eigenvalue weighted by molar-refractivity contribution is 5.51. The Morgan fingerprint density at radius 2 is 1.92 bits per heavy atom. The summed E-state index contributed by atoms with van der Waals surface area (Å²) >= 11 is 0. The Kier molecular flexibility index (Phi) is 4.61. The Morgan fingerprint density at radius 3 is 2.58 bits per heavy atom. The van der Waals surface area contributed by atoms with E-state index in [2.05, 4.69) is 69.6 Å². The third-order valence-electron chi connectivity index (χ3n) is 5.05. The van der Waals surface area contributed by atoms with E-state index in [0.29, 0.717) is 6.04 Å². The van der Waals surface area contributed by atoms with Gasteiger partial charge in [0.05, 0.1) is 6.33 Å². The molecule has 0 bridgehead atoms. The Labute approximate surface area is 154 Å². The van der Waals surface area contributed by atoms with Gasteiger partial charge in [-0.2, -0.15) is 0 Å². The summed E-state index contributed by atoms with van der Waals surface area (Å²) < 4.78 is 2.06. The molecule has 1 fully saturated rings. The summed E-state index contributed by atoms with van der Waals surface area (Å²) in [5, 5.41) is 0. The summed E-state index contributed by atoms with van der Waals surface area (Å²) in [6, 6.07) is 13.6. The summed E-state index contributed by atoms with van der Waals surface area (Å²) in [4.78, 5) is 13.7. The van der Waals surface area contributed by atoms with Crippen molar-refractivity contribution < 1.29 is 0 Å². The number of hydrogen-bond acceptors (Lipinski definition) is 4. The maximum Gasteiger partial charge on any atom is 0.128 e. The number of anilines is 2. The quantitative estimate of drug-likeness (QED) is 0.725. The van der Waals surface area contributed by atoms with E-state index in [-0.39, 0.29) is 0 Å². The summed E-state index contributed by atoms with van der Waals surface area (Å²) in [5.41, 5.74) is 3.81. The monoisotopic (exact) mass is 347 g/mol. The van der Waals surface area contributed by atoms with Gasteiger partial charge in [0.1, 0.15) is 5.82 Å². The maximum atomic E-state index is 4.72. The van der Waals surface area contributed by atoms with Crippen molar-refractivity contribution in [3.05, 3.63) is 72.4 Å². The van der Waals surface area contributed by atoms with E-state index in [1.165, 1.54) is 16.8 Å². The van der Waals surface area contributed by atoms with Crippen LogP contribution in [0.2, 0.25) is 0 Å². The minimum Gasteiger partial charge on any atom is -0.368 e. The van der Waals surface area contributed by atoms with Crippen molar-refractivity contribution in [2.75, 3.05) is 29.4 Å². The highest BCUT2D eigenvalue weighted by atomic mass is 15.3. The number of pyridine rings is 1. The molecule has 2 aromatic heterocycles. The maximum absolute atomic E-state index is 4.72. The standard InChI is InChI=1S/C21H25N5/c1-17-3-6-20(7-4-17)25-11-12-26(18(2)14-25)21-8-5-19(13-23-21)15-24-10-9-22-16-24/h3-10,13,16,18H,11-12,14-15H2,1-2H3/t18-/m0/s1. The van der Waals surface area contributed by atoms with Crippen molar-refractivity contribution >= 4 is 11.5 Å². The van der Waals surface area contributed by atoms with Crippen LogP contribution in [0.15, 0.2) is 61.3 Å². The molecule has 5 nitrogen and oxygen atoms in total. The molecule has 0 N–H and O–H groups in total. The highest BCUT2D eigenvalue weighted by Crippen LogP contribution is 2.23. The van der Waals surface area contributed by atoms with Crippen LogP contribution in [0.5, 0.6) is 0 Å². The number of rotatable bonds is 4. The summed E-state index contributed by atoms with van der Waals surface area (Å²) in [6.07, 6.45) is 7.59. The first-order chi connectivity index (χ1) is 12.7. The lowest BCUT2D eigenvalue weighted by Gasteiger charge is -2.41. The zero-order chi connectivity index (χ0) is 17.9. The first kappa shape index (κ1) is 16.6. The molecule has 5 heteroatoms. The fraction of sp³-hybridized carbons (Fsp3) is 0.333. The largest absolute Gasteiger partial charge is 0.368 e. The van der Waals surface area contributed by atoms with Crippen molar-refractivity contribution in [3.8, 4) is 0 Å². The molecule has 1 aliphatic rings. The van der Waals surface area contributed by atoms with Gasteiger partial charge in [0, 0.05) is 56.5 Å². The van der Waals surface area contributed by atoms with Gasteiger partial charge in [-0.25, -0.2) is 9.97 Å². The minimum atomic E-state index is 0.428. The van der Waals surface area contributed by atoms with Gasteiger partial charge in [0.15, 0.2) is 0 Å². The SMILES string of the molecule is Cc1ccc(N2CCN(c3ccc(Cn4ccnc4)cn3)[C@@H](C)C2)cc1. The summed E-state index contributed by atoms with van der Waals surface area (Å²) in [7, 11) is 0. The molecule has 3 heterocycles. The topological polar surface area (TPSA) is 37.2 Å². The molecule has 0 unspecified atom stereocenters. The number of aryl methyl sites for hydroxylation is 1. The average molecular weight is 347 g/mol. The molecular weight excluding hydrogens is 322 g/mol. The normalized spacial score (nSPS) is 17.5. The van der Waals surface area contributed by atoms with Crippen LogP contribution in [-0.2, 0) is 6.54 Å². The van der Waals surface area contributed by atoms with Gasteiger partial charge < -0.3 is 14.4 Å². The van der Waals surface area contributed by atoms with Crippen molar-refractivity contribution in [1.29, 1.82) is 0 Å². The number of aromatic nitrogens is 3. The number of imidazole rings is 1. The molecule has 0 spiro atoms. The van der Waals surface area contributed by atoms with Gasteiger partial charge in [-0.05, 0) is 37.6 Å². The first-order valence-corrected chi connectivity index (χ1v) is 9.18. The third-order valence-corrected chi connectivity index (χ3v) is 5.05. The molecule has 1 atom stereocenters. The fourth-order valence-corrected chi connectivity index (χ4v) is 3.56. The molecule has 26 heavy (non-hydrogen) atoms. The lowest BCUT2D eigenvalue weighted by atomic mass is 10.1. The van der Waals surface area contributed by atoms with E-state index in [0.717, 1.165) is 32.0 Å². The molecule has 0 amide bonds. The second kappa shape index (κ2) is 7.20. The van der Waals surface area contributed by atoms with Crippen molar-refractivity contribution in [1.82, 2.24) is 14.5 Å². The van der Waals surface area contributed by atoms with Crippen LogP contribution in [0.25, 0.3) is 0 Å². The van der Waals surface area contributed by atoms with Crippen LogP contribution < -0.4 is 9.80 Å². The third kappa shape index (κ3) is 3.57. The van der Waals surface area contributed by atoms with Gasteiger partial charge in [-0.1, -0.05) is 23.8 Å². The molecule has 1 saturated heterocycles. The predicted molar refractivity (Wildman–Crippen MR) is 106 cm³/mol. The Morgan fingerprint density at radius 1 is 1.08 bits per heavy atom. The van der Waals surface area contributed by atoms with Gasteiger partial charge in [0.25, 0.3) is 0 Å². The molecular formula is C21H25N5. The zero-order valence-electron chi connectivity index (χ0n) is 15.4. The molecule has 3 aromatic rings. The van der Waals surface area contributed by atoms with E-state index in [4.69, 9.17) is 4.98 Å². The number of hydrogen-bond donors (Lipinski definition) is 0. The highest BCUT2D eigenvalue weighted by Gasteiger charge is 2.24. The summed E-state index contributed by atoms with van der Waals surface area (Å²) in [5.74, 6) is 1.07. The van der Waals surface area contributed by atoms with Gasteiger partial charge >= 0.3 is 0 Å². The molecule has 134 valence electrons. The Bertz CT molecular complexity index is 824. The Balaban J connectivity index is 1.41. The molecule has 1 aliphatic heterocycles. The van der Waals surface area contributed by atoms with Gasteiger partial charge in [-0.3, -0.25) is 0 Å². The van der Waals surface area contributed by atoms with Crippen LogP contribution >= 0.6 is 0 Å². The fourth-order valence-electron chi connectivity index (χ4n) is 3.56. The Hall–Kier alpha value is -2.82. The van der Waals surface area contributed by atoms with E-state index in [1.54, 1.807) is 6.20 Å². The zero-order valence-corrected chi connectivity index (χ0v) is 15.4. The summed E-state index contributed by atoms with van der Waals surface area (Å²) in [6.45, 7) is 8.24. The number of benzene rings is 1. The lowest BCUT2D eigenvalue weighted by Crippen LogP contribution is -2.52. The molecule has 0 saturated carbocycles. The van der Waals surface area contributed by atoms with E-state index >= 15 is 0 Å². The van der Waals surface area contributed by atoms with Crippen LogP contribution in [-0.4, -0.2) is 40.2 Å².